The SMILES string of the molecule is CCCNc1nc2c(C)cccn2c(=O)c1C=C1SC(=S)N(C)C1=O. The quantitative estimate of drug-likeness (QED) is 0.656. The second kappa shape index (κ2) is 6.97. The third-order valence-corrected chi connectivity index (χ3v) is 5.37. The Morgan fingerprint density at radius 3 is 2.80 bits per heavy atom. The molecule has 2 aromatic rings. The van der Waals surface area contributed by atoms with Crippen LogP contribution < -0.4 is 10.9 Å². The smallest absolute Gasteiger partial charge is 0.267 e. The van der Waals surface area contributed by atoms with Crippen molar-refractivity contribution in [3.63, 3.8) is 0 Å². The molecule has 1 amide bonds. The Morgan fingerprint density at radius 2 is 2.16 bits per heavy atom. The maximum atomic E-state index is 13.0. The number of carbonyl (C=O) groups excluding carboxylic acids is 1. The first-order valence-electron chi connectivity index (χ1n) is 7.91. The van der Waals surface area contributed by atoms with E-state index in [4.69, 9.17) is 12.2 Å². The minimum atomic E-state index is -0.214. The van der Waals surface area contributed by atoms with Gasteiger partial charge in [-0.1, -0.05) is 37.0 Å². The molecule has 0 bridgehead atoms. The molecule has 1 fully saturated rings. The van der Waals surface area contributed by atoms with Gasteiger partial charge in [0, 0.05) is 19.8 Å². The van der Waals surface area contributed by atoms with E-state index in [0.29, 0.717) is 32.8 Å². The number of thioether (sulfide) groups is 1. The van der Waals surface area contributed by atoms with Crippen molar-refractivity contribution in [2.75, 3.05) is 18.9 Å². The molecule has 0 aliphatic carbocycles. The van der Waals surface area contributed by atoms with E-state index in [1.165, 1.54) is 21.1 Å². The fourth-order valence-electron chi connectivity index (χ4n) is 2.50. The molecule has 0 radical (unpaired) electrons. The third-order valence-electron chi connectivity index (χ3n) is 3.89. The average molecular weight is 374 g/mol. The summed E-state index contributed by atoms with van der Waals surface area (Å²) in [6, 6.07) is 3.72. The van der Waals surface area contributed by atoms with Gasteiger partial charge in [-0.05, 0) is 31.1 Å². The Hall–Kier alpha value is -2.19. The monoisotopic (exact) mass is 374 g/mol. The van der Waals surface area contributed by atoms with Crippen LogP contribution in [0.25, 0.3) is 11.7 Å². The van der Waals surface area contributed by atoms with Crippen LogP contribution in [-0.2, 0) is 4.79 Å². The maximum Gasteiger partial charge on any atom is 0.267 e. The van der Waals surface area contributed by atoms with Crippen LogP contribution in [0.1, 0.15) is 24.5 Å². The van der Waals surface area contributed by atoms with Gasteiger partial charge in [0.2, 0.25) is 0 Å². The lowest BCUT2D eigenvalue weighted by atomic mass is 10.2. The van der Waals surface area contributed by atoms with Crippen molar-refractivity contribution in [2.24, 2.45) is 0 Å². The van der Waals surface area contributed by atoms with Gasteiger partial charge in [0.05, 0.1) is 10.5 Å². The minimum absolute atomic E-state index is 0.204. The van der Waals surface area contributed by atoms with Gasteiger partial charge < -0.3 is 5.32 Å². The number of hydrogen-bond donors (Lipinski definition) is 1. The second-order valence-corrected chi connectivity index (χ2v) is 7.41. The number of nitrogens with zero attached hydrogens (tertiary/aromatic N) is 3. The summed E-state index contributed by atoms with van der Waals surface area (Å²) in [6.45, 7) is 4.63. The van der Waals surface area contributed by atoms with Gasteiger partial charge in [-0.25, -0.2) is 4.98 Å². The van der Waals surface area contributed by atoms with E-state index in [2.05, 4.69) is 10.3 Å². The third kappa shape index (κ3) is 3.19. The van der Waals surface area contributed by atoms with Gasteiger partial charge in [-0.2, -0.15) is 0 Å². The van der Waals surface area contributed by atoms with Crippen molar-refractivity contribution in [3.8, 4) is 0 Å². The zero-order valence-corrected chi connectivity index (χ0v) is 15.8. The molecular formula is C17H18N4O2S2. The van der Waals surface area contributed by atoms with Crippen LogP contribution in [0, 0.1) is 6.92 Å². The zero-order chi connectivity index (χ0) is 18.1. The molecule has 25 heavy (non-hydrogen) atoms. The molecule has 130 valence electrons. The molecule has 1 saturated heterocycles. The Labute approximate surface area is 154 Å². The molecule has 1 N–H and O–H groups in total. The van der Waals surface area contributed by atoms with Crippen molar-refractivity contribution >= 4 is 51.7 Å². The zero-order valence-electron chi connectivity index (χ0n) is 14.2. The summed E-state index contributed by atoms with van der Waals surface area (Å²) in [7, 11) is 1.63. The van der Waals surface area contributed by atoms with Crippen LogP contribution in [-0.4, -0.2) is 38.1 Å². The maximum absolute atomic E-state index is 13.0. The van der Waals surface area contributed by atoms with E-state index in [0.717, 1.165) is 12.0 Å². The number of thiocarbonyl (C=S) groups is 1. The fraction of sp³-hybridized carbons (Fsp3) is 0.294. The minimum Gasteiger partial charge on any atom is -0.369 e. The van der Waals surface area contributed by atoms with Gasteiger partial charge in [-0.15, -0.1) is 0 Å². The number of fused-ring (bicyclic) bond motifs is 1. The lowest BCUT2D eigenvalue weighted by molar-refractivity contribution is -0.121. The number of carbonyl (C=O) groups is 1. The van der Waals surface area contributed by atoms with Crippen molar-refractivity contribution in [1.29, 1.82) is 0 Å². The van der Waals surface area contributed by atoms with Gasteiger partial charge in [-0.3, -0.25) is 18.9 Å². The summed E-state index contributed by atoms with van der Waals surface area (Å²) in [5.41, 5.74) is 1.66. The number of hydrogen-bond acceptors (Lipinski definition) is 6. The summed E-state index contributed by atoms with van der Waals surface area (Å²) in [4.78, 5) is 31.7. The highest BCUT2D eigenvalue weighted by Crippen LogP contribution is 2.31. The number of aryl methyl sites for hydroxylation is 1. The summed E-state index contributed by atoms with van der Waals surface area (Å²) < 4.78 is 1.98. The molecule has 0 atom stereocenters. The first-order valence-corrected chi connectivity index (χ1v) is 9.14. The first kappa shape index (κ1) is 17.6. The lowest BCUT2D eigenvalue weighted by Crippen LogP contribution is -2.23. The number of anilines is 1. The normalized spacial score (nSPS) is 16.3. The van der Waals surface area contributed by atoms with E-state index in [1.54, 1.807) is 25.4 Å². The summed E-state index contributed by atoms with van der Waals surface area (Å²) in [5.74, 6) is 0.285. The highest BCUT2D eigenvalue weighted by Gasteiger charge is 2.29. The van der Waals surface area contributed by atoms with Crippen LogP contribution >= 0.6 is 24.0 Å². The number of aromatic nitrogens is 2. The Balaban J connectivity index is 2.22. The lowest BCUT2D eigenvalue weighted by Gasteiger charge is -2.11. The van der Waals surface area contributed by atoms with Crippen molar-refractivity contribution in [3.05, 3.63) is 44.7 Å². The van der Waals surface area contributed by atoms with Gasteiger partial charge >= 0.3 is 0 Å². The van der Waals surface area contributed by atoms with Crippen molar-refractivity contribution < 1.29 is 4.79 Å². The van der Waals surface area contributed by atoms with E-state index in [9.17, 15) is 9.59 Å². The number of nitrogens with one attached hydrogen (secondary N) is 1. The van der Waals surface area contributed by atoms with E-state index in [1.807, 2.05) is 19.9 Å². The van der Waals surface area contributed by atoms with Crippen LogP contribution in [0.3, 0.4) is 0 Å². The summed E-state index contributed by atoms with van der Waals surface area (Å²) in [6.07, 6.45) is 4.17. The fourth-order valence-corrected chi connectivity index (χ4v) is 3.66. The van der Waals surface area contributed by atoms with Crippen molar-refractivity contribution in [2.45, 2.75) is 20.3 Å². The number of rotatable bonds is 4. The molecule has 1 aliphatic rings. The number of pyridine rings is 1. The Morgan fingerprint density at radius 1 is 1.40 bits per heavy atom. The van der Waals surface area contributed by atoms with E-state index < -0.39 is 0 Å². The van der Waals surface area contributed by atoms with Crippen LogP contribution in [0.2, 0.25) is 0 Å². The predicted molar refractivity (Wildman–Crippen MR) is 106 cm³/mol. The molecule has 0 aromatic carbocycles. The van der Waals surface area contributed by atoms with E-state index in [-0.39, 0.29) is 11.5 Å². The highest BCUT2D eigenvalue weighted by molar-refractivity contribution is 8.26. The molecule has 3 rings (SSSR count). The molecule has 0 spiro atoms. The Kier molecular flexibility index (Phi) is 4.91. The van der Waals surface area contributed by atoms with Gasteiger partial charge in [0.25, 0.3) is 11.5 Å². The molecular weight excluding hydrogens is 356 g/mol. The van der Waals surface area contributed by atoms with Gasteiger partial charge in [0.15, 0.2) is 0 Å². The Bertz CT molecular complexity index is 965. The first-order chi connectivity index (χ1) is 11.9. The standard InChI is InChI=1S/C17H18N4O2S2/c1-4-7-18-13-11(9-12-16(23)20(3)17(24)25-12)15(22)21-8-5-6-10(2)14(21)19-13/h5-6,8-9,18H,4,7H2,1-3H3. The van der Waals surface area contributed by atoms with Gasteiger partial charge in [0.1, 0.15) is 15.8 Å². The highest BCUT2D eigenvalue weighted by atomic mass is 32.2. The molecule has 3 heterocycles. The molecule has 0 unspecified atom stereocenters. The second-order valence-electron chi connectivity index (χ2n) is 5.73. The molecule has 2 aromatic heterocycles. The van der Waals surface area contributed by atoms with Crippen molar-refractivity contribution in [1.82, 2.24) is 14.3 Å². The topological polar surface area (TPSA) is 66.7 Å². The molecule has 0 saturated carbocycles. The summed E-state index contributed by atoms with van der Waals surface area (Å²) in [5, 5.41) is 3.20. The molecule has 8 heteroatoms. The molecule has 1 aliphatic heterocycles. The molecule has 6 nitrogen and oxygen atoms in total. The predicted octanol–water partition coefficient (Wildman–Crippen LogP) is 2.66. The van der Waals surface area contributed by atoms with Crippen LogP contribution in [0.5, 0.6) is 0 Å². The number of amides is 1. The van der Waals surface area contributed by atoms with Crippen LogP contribution in [0.4, 0.5) is 5.82 Å². The average Bonchev–Trinajstić information content (AvgIpc) is 2.83. The van der Waals surface area contributed by atoms with E-state index >= 15 is 0 Å². The number of likely N-dealkylation sites (N-methyl/N-ethyl adjacent to an activating group) is 1. The summed E-state index contributed by atoms with van der Waals surface area (Å²) >= 11 is 6.35. The van der Waals surface area contributed by atoms with Crippen LogP contribution in [0.15, 0.2) is 28.0 Å². The largest absolute Gasteiger partial charge is 0.369 e.